The number of aryl methyl sites for hydroxylation is 1. The first-order valence-corrected chi connectivity index (χ1v) is 5.21. The molecule has 15 heavy (non-hydrogen) atoms. The van der Waals surface area contributed by atoms with Crippen LogP contribution in [0.25, 0.3) is 0 Å². The monoisotopic (exact) mass is 239 g/mol. The lowest BCUT2D eigenvalue weighted by Crippen LogP contribution is -1.92. The number of nitriles is 1. The van der Waals surface area contributed by atoms with E-state index in [1.54, 1.807) is 10.7 Å². The summed E-state index contributed by atoms with van der Waals surface area (Å²) in [4.78, 5) is 4.39. The van der Waals surface area contributed by atoms with Gasteiger partial charge in [-0.05, 0) is 0 Å². The maximum atomic E-state index is 8.69. The van der Waals surface area contributed by atoms with Crippen LogP contribution in [0.4, 0.5) is 10.9 Å². The molecule has 1 N–H and O–H groups in total. The van der Waals surface area contributed by atoms with Crippen LogP contribution >= 0.6 is 22.9 Å². The molecule has 0 fully saturated rings. The van der Waals surface area contributed by atoms with Crippen LogP contribution in [0.1, 0.15) is 4.88 Å². The zero-order valence-corrected chi connectivity index (χ0v) is 9.30. The van der Waals surface area contributed by atoms with E-state index in [9.17, 15) is 0 Å². The van der Waals surface area contributed by atoms with Gasteiger partial charge in [-0.15, -0.1) is 0 Å². The van der Waals surface area contributed by atoms with Crippen LogP contribution in [0.2, 0.25) is 5.15 Å². The third-order valence-corrected chi connectivity index (χ3v) is 2.90. The number of hydrogen-bond acceptors (Lipinski definition) is 5. The van der Waals surface area contributed by atoms with E-state index in [2.05, 4.69) is 15.4 Å². The number of thiazole rings is 1. The minimum Gasteiger partial charge on any atom is -0.315 e. The molecule has 2 aromatic heterocycles. The number of rotatable bonds is 2. The number of hydrogen-bond donors (Lipinski definition) is 1. The van der Waals surface area contributed by atoms with Crippen molar-refractivity contribution in [1.29, 1.82) is 5.26 Å². The van der Waals surface area contributed by atoms with Gasteiger partial charge in [0.15, 0.2) is 16.1 Å². The zero-order chi connectivity index (χ0) is 10.8. The molecule has 0 aliphatic carbocycles. The third kappa shape index (κ3) is 2.09. The van der Waals surface area contributed by atoms with Crippen molar-refractivity contribution in [2.45, 2.75) is 0 Å². The quantitative estimate of drug-likeness (QED) is 0.872. The number of aromatic nitrogens is 3. The Morgan fingerprint density at radius 1 is 1.67 bits per heavy atom. The average Bonchev–Trinajstić information content (AvgIpc) is 2.73. The van der Waals surface area contributed by atoms with Gasteiger partial charge in [0.25, 0.3) is 0 Å². The largest absolute Gasteiger partial charge is 0.315 e. The first-order valence-electron chi connectivity index (χ1n) is 4.02. The van der Waals surface area contributed by atoms with E-state index >= 15 is 0 Å². The molecule has 0 bridgehead atoms. The molecule has 76 valence electrons. The molecule has 0 radical (unpaired) electrons. The van der Waals surface area contributed by atoms with E-state index in [0.29, 0.717) is 15.8 Å². The maximum Gasteiger partial charge on any atom is 0.191 e. The Kier molecular flexibility index (Phi) is 2.58. The Hall–Kier alpha value is -1.58. The van der Waals surface area contributed by atoms with Crippen molar-refractivity contribution in [2.75, 3.05) is 5.32 Å². The van der Waals surface area contributed by atoms with Crippen molar-refractivity contribution in [3.8, 4) is 6.07 Å². The molecule has 0 spiro atoms. The molecular formula is C8H6ClN5S. The third-order valence-electron chi connectivity index (χ3n) is 1.64. The molecule has 0 atom stereocenters. The van der Waals surface area contributed by atoms with Crippen LogP contribution in [-0.4, -0.2) is 14.8 Å². The highest BCUT2D eigenvalue weighted by atomic mass is 35.5. The summed E-state index contributed by atoms with van der Waals surface area (Å²) in [6, 6.07) is 3.77. The predicted molar refractivity (Wildman–Crippen MR) is 58.3 cm³/mol. The van der Waals surface area contributed by atoms with E-state index in [0.717, 1.165) is 0 Å². The van der Waals surface area contributed by atoms with Crippen LogP contribution in [0.15, 0.2) is 12.3 Å². The molecule has 0 saturated heterocycles. The van der Waals surface area contributed by atoms with Gasteiger partial charge in [-0.3, -0.25) is 4.68 Å². The van der Waals surface area contributed by atoms with E-state index in [1.165, 1.54) is 11.3 Å². The highest BCUT2D eigenvalue weighted by molar-refractivity contribution is 7.16. The van der Waals surface area contributed by atoms with Gasteiger partial charge in [0.05, 0.1) is 0 Å². The standard InChI is InChI=1S/C8H6ClN5S/c1-14-3-2-6(13-14)11-8-12-7(9)5(4-10)15-8/h2-3H,1H3,(H,11,12,13). The minimum absolute atomic E-state index is 0.223. The Balaban J connectivity index is 2.22. The normalized spacial score (nSPS) is 9.93. The van der Waals surface area contributed by atoms with E-state index in [4.69, 9.17) is 16.9 Å². The van der Waals surface area contributed by atoms with Crippen molar-refractivity contribution >= 4 is 33.9 Å². The highest BCUT2D eigenvalue weighted by Gasteiger charge is 2.09. The molecule has 7 heteroatoms. The van der Waals surface area contributed by atoms with Gasteiger partial charge in [0, 0.05) is 19.3 Å². The Morgan fingerprint density at radius 3 is 3.00 bits per heavy atom. The van der Waals surface area contributed by atoms with Crippen LogP contribution in [-0.2, 0) is 7.05 Å². The van der Waals surface area contributed by atoms with Crippen LogP contribution in [0.5, 0.6) is 0 Å². The summed E-state index contributed by atoms with van der Waals surface area (Å²) in [5.74, 6) is 0.674. The average molecular weight is 240 g/mol. The lowest BCUT2D eigenvalue weighted by Gasteiger charge is -1.94. The van der Waals surface area contributed by atoms with Gasteiger partial charge in [-0.2, -0.15) is 10.4 Å². The molecule has 0 aromatic carbocycles. The van der Waals surface area contributed by atoms with Gasteiger partial charge in [0.1, 0.15) is 10.9 Å². The van der Waals surface area contributed by atoms with Crippen molar-refractivity contribution in [3.05, 3.63) is 22.3 Å². The molecule has 0 aliphatic rings. The second kappa shape index (κ2) is 3.88. The molecule has 0 unspecified atom stereocenters. The molecule has 0 saturated carbocycles. The van der Waals surface area contributed by atoms with Crippen LogP contribution in [0.3, 0.4) is 0 Å². The molecule has 0 aliphatic heterocycles. The first-order chi connectivity index (χ1) is 7.19. The summed E-state index contributed by atoms with van der Waals surface area (Å²) in [6.45, 7) is 0. The zero-order valence-electron chi connectivity index (χ0n) is 7.73. The first kappa shape index (κ1) is 9.96. The Labute approximate surface area is 94.9 Å². The number of anilines is 2. The molecule has 2 rings (SSSR count). The number of nitrogens with zero attached hydrogens (tertiary/aromatic N) is 4. The summed E-state index contributed by atoms with van der Waals surface area (Å²) in [7, 11) is 1.82. The Bertz CT molecular complexity index is 523. The van der Waals surface area contributed by atoms with Crippen molar-refractivity contribution in [1.82, 2.24) is 14.8 Å². The maximum absolute atomic E-state index is 8.69. The van der Waals surface area contributed by atoms with Crippen molar-refractivity contribution in [2.24, 2.45) is 7.05 Å². The molecule has 0 amide bonds. The number of halogens is 1. The fourth-order valence-electron chi connectivity index (χ4n) is 1.02. The van der Waals surface area contributed by atoms with Gasteiger partial charge in [-0.25, -0.2) is 4.98 Å². The van der Waals surface area contributed by atoms with Crippen LogP contribution < -0.4 is 5.32 Å². The van der Waals surface area contributed by atoms with Gasteiger partial charge in [-0.1, -0.05) is 22.9 Å². The predicted octanol–water partition coefficient (Wildman–Crippen LogP) is 2.15. The number of nitrogens with one attached hydrogen (secondary N) is 1. The molecule has 2 heterocycles. The highest BCUT2D eigenvalue weighted by Crippen LogP contribution is 2.27. The summed E-state index contributed by atoms with van der Waals surface area (Å²) >= 11 is 6.93. The van der Waals surface area contributed by atoms with E-state index in [1.807, 2.05) is 19.3 Å². The minimum atomic E-state index is 0.223. The second-order valence-electron chi connectivity index (χ2n) is 2.75. The van der Waals surface area contributed by atoms with Crippen LogP contribution in [0, 0.1) is 11.3 Å². The van der Waals surface area contributed by atoms with Gasteiger partial charge < -0.3 is 5.32 Å². The van der Waals surface area contributed by atoms with Crippen molar-refractivity contribution in [3.63, 3.8) is 0 Å². The summed E-state index contributed by atoms with van der Waals surface area (Å²) in [5, 5.41) is 16.6. The lowest BCUT2D eigenvalue weighted by atomic mass is 10.6. The topological polar surface area (TPSA) is 66.5 Å². The van der Waals surface area contributed by atoms with Crippen molar-refractivity contribution < 1.29 is 0 Å². The smallest absolute Gasteiger partial charge is 0.191 e. The fourth-order valence-corrected chi connectivity index (χ4v) is 1.97. The summed E-state index contributed by atoms with van der Waals surface area (Å²) in [5.41, 5.74) is 0. The van der Waals surface area contributed by atoms with E-state index in [-0.39, 0.29) is 5.15 Å². The molecular weight excluding hydrogens is 234 g/mol. The molecule has 2 aromatic rings. The van der Waals surface area contributed by atoms with Gasteiger partial charge in [0.2, 0.25) is 0 Å². The second-order valence-corrected chi connectivity index (χ2v) is 4.11. The molecule has 5 nitrogen and oxygen atoms in total. The van der Waals surface area contributed by atoms with Gasteiger partial charge >= 0.3 is 0 Å². The van der Waals surface area contributed by atoms with E-state index < -0.39 is 0 Å². The Morgan fingerprint density at radius 2 is 2.47 bits per heavy atom. The fraction of sp³-hybridized carbons (Fsp3) is 0.125. The lowest BCUT2D eigenvalue weighted by molar-refractivity contribution is 0.771. The SMILES string of the molecule is Cn1ccc(Nc2nc(Cl)c(C#N)s2)n1. The summed E-state index contributed by atoms with van der Waals surface area (Å²) < 4.78 is 1.67. The summed E-state index contributed by atoms with van der Waals surface area (Å²) in [6.07, 6.45) is 1.81.